The van der Waals surface area contributed by atoms with E-state index in [1.165, 1.54) is 0 Å². The van der Waals surface area contributed by atoms with Gasteiger partial charge in [-0.05, 0) is 35.4 Å². The van der Waals surface area contributed by atoms with Crippen LogP contribution in [-0.2, 0) is 17.8 Å². The molecular weight excluding hydrogens is 406 g/mol. The molecule has 3 aromatic carbocycles. The van der Waals surface area contributed by atoms with E-state index in [1.54, 1.807) is 31.4 Å². The standard InChI is InChI=1S/C25H23N3O4/c1-32-19-13-11-18(12-14-19)16-26-23(29)22(15-17-7-3-2-4-8-17)28-24(30)20-9-5-6-10-21(20)27-25(28)31/h2-14,22H,15-16H2,1H3,(H,26,29)(H,27,31). The Balaban J connectivity index is 1.69. The van der Waals surface area contributed by atoms with Crippen LogP contribution in [0.1, 0.15) is 17.2 Å². The third-order valence-electron chi connectivity index (χ3n) is 5.35. The molecule has 0 aliphatic heterocycles. The summed E-state index contributed by atoms with van der Waals surface area (Å²) in [7, 11) is 1.59. The molecule has 32 heavy (non-hydrogen) atoms. The fourth-order valence-corrected chi connectivity index (χ4v) is 3.65. The third-order valence-corrected chi connectivity index (χ3v) is 5.35. The molecule has 0 spiro atoms. The Bertz CT molecular complexity index is 1340. The highest BCUT2D eigenvalue weighted by Gasteiger charge is 2.25. The van der Waals surface area contributed by atoms with Crippen LogP contribution in [0.25, 0.3) is 10.9 Å². The van der Waals surface area contributed by atoms with Gasteiger partial charge in [0.25, 0.3) is 5.56 Å². The number of hydrogen-bond acceptors (Lipinski definition) is 4. The molecule has 0 aliphatic carbocycles. The van der Waals surface area contributed by atoms with Crippen LogP contribution in [0.5, 0.6) is 5.75 Å². The number of para-hydroxylation sites is 1. The molecule has 1 aromatic heterocycles. The van der Waals surface area contributed by atoms with Crippen molar-refractivity contribution >= 4 is 16.8 Å². The van der Waals surface area contributed by atoms with E-state index in [9.17, 15) is 14.4 Å². The highest BCUT2D eigenvalue weighted by atomic mass is 16.5. The van der Waals surface area contributed by atoms with Crippen LogP contribution in [0.3, 0.4) is 0 Å². The number of nitrogens with zero attached hydrogens (tertiary/aromatic N) is 1. The smallest absolute Gasteiger partial charge is 0.329 e. The summed E-state index contributed by atoms with van der Waals surface area (Å²) in [6, 6.07) is 22.4. The van der Waals surface area contributed by atoms with E-state index in [1.807, 2.05) is 54.6 Å². The summed E-state index contributed by atoms with van der Waals surface area (Å²) in [5, 5.41) is 3.22. The number of carbonyl (C=O) groups is 1. The summed E-state index contributed by atoms with van der Waals surface area (Å²) < 4.78 is 6.17. The van der Waals surface area contributed by atoms with Crippen molar-refractivity contribution in [1.82, 2.24) is 14.9 Å². The molecule has 1 heterocycles. The molecule has 7 heteroatoms. The maximum Gasteiger partial charge on any atom is 0.329 e. The molecule has 4 rings (SSSR count). The molecule has 0 fully saturated rings. The minimum Gasteiger partial charge on any atom is -0.497 e. The van der Waals surface area contributed by atoms with E-state index < -0.39 is 23.2 Å². The van der Waals surface area contributed by atoms with Crippen molar-refractivity contribution < 1.29 is 9.53 Å². The predicted molar refractivity (Wildman–Crippen MR) is 123 cm³/mol. The van der Waals surface area contributed by atoms with Crippen LogP contribution in [0.2, 0.25) is 0 Å². The molecule has 0 bridgehead atoms. The quantitative estimate of drug-likeness (QED) is 0.472. The Morgan fingerprint density at radius 2 is 1.62 bits per heavy atom. The fourth-order valence-electron chi connectivity index (χ4n) is 3.65. The number of rotatable bonds is 7. The summed E-state index contributed by atoms with van der Waals surface area (Å²) in [5.41, 5.74) is 1.05. The molecule has 4 aromatic rings. The summed E-state index contributed by atoms with van der Waals surface area (Å²) in [6.07, 6.45) is 0.205. The van der Waals surface area contributed by atoms with Crippen molar-refractivity contribution in [2.24, 2.45) is 0 Å². The molecule has 1 amide bonds. The molecule has 0 radical (unpaired) electrons. The minimum absolute atomic E-state index is 0.205. The first-order valence-electron chi connectivity index (χ1n) is 10.2. The Hall–Kier alpha value is -4.13. The number of carbonyl (C=O) groups excluding carboxylic acids is 1. The maximum atomic E-state index is 13.2. The van der Waals surface area contributed by atoms with Gasteiger partial charge in [0, 0.05) is 13.0 Å². The molecule has 1 unspecified atom stereocenters. The van der Waals surface area contributed by atoms with Gasteiger partial charge in [-0.2, -0.15) is 0 Å². The fraction of sp³-hybridized carbons (Fsp3) is 0.160. The van der Waals surface area contributed by atoms with E-state index in [4.69, 9.17) is 4.74 Å². The number of methoxy groups -OCH3 is 1. The molecule has 0 saturated carbocycles. The van der Waals surface area contributed by atoms with Gasteiger partial charge >= 0.3 is 5.69 Å². The van der Waals surface area contributed by atoms with Crippen molar-refractivity contribution in [3.05, 3.63) is 111 Å². The minimum atomic E-state index is -1.00. The van der Waals surface area contributed by atoms with Crippen LogP contribution >= 0.6 is 0 Å². The average molecular weight is 429 g/mol. The third kappa shape index (κ3) is 4.46. The number of aromatic nitrogens is 2. The Morgan fingerprint density at radius 3 is 2.34 bits per heavy atom. The van der Waals surface area contributed by atoms with Gasteiger partial charge in [0.15, 0.2) is 0 Å². The Morgan fingerprint density at radius 1 is 0.938 bits per heavy atom. The molecule has 2 N–H and O–H groups in total. The number of benzene rings is 3. The predicted octanol–water partition coefficient (Wildman–Crippen LogP) is 2.80. The molecule has 7 nitrogen and oxygen atoms in total. The average Bonchev–Trinajstić information content (AvgIpc) is 2.83. The number of H-pyrrole nitrogens is 1. The largest absolute Gasteiger partial charge is 0.497 e. The molecule has 0 aliphatic rings. The van der Waals surface area contributed by atoms with Gasteiger partial charge in [-0.15, -0.1) is 0 Å². The van der Waals surface area contributed by atoms with Gasteiger partial charge in [-0.1, -0.05) is 54.6 Å². The first-order chi connectivity index (χ1) is 15.6. The number of hydrogen-bond donors (Lipinski definition) is 2. The van der Waals surface area contributed by atoms with E-state index >= 15 is 0 Å². The van der Waals surface area contributed by atoms with Crippen molar-refractivity contribution in [2.75, 3.05) is 7.11 Å². The zero-order valence-corrected chi connectivity index (χ0v) is 17.6. The van der Waals surface area contributed by atoms with Crippen molar-refractivity contribution in [3.8, 4) is 5.75 Å². The summed E-state index contributed by atoms with van der Waals surface area (Å²) >= 11 is 0. The lowest BCUT2D eigenvalue weighted by atomic mass is 10.0. The van der Waals surface area contributed by atoms with Crippen molar-refractivity contribution in [3.63, 3.8) is 0 Å². The Kier molecular flexibility index (Phi) is 6.17. The van der Waals surface area contributed by atoms with Crippen LogP contribution in [0.15, 0.2) is 88.5 Å². The van der Waals surface area contributed by atoms with Crippen LogP contribution in [-0.4, -0.2) is 22.6 Å². The van der Waals surface area contributed by atoms with E-state index in [0.29, 0.717) is 10.9 Å². The highest BCUT2D eigenvalue weighted by Crippen LogP contribution is 2.15. The van der Waals surface area contributed by atoms with E-state index in [0.717, 1.165) is 21.4 Å². The molecule has 162 valence electrons. The zero-order chi connectivity index (χ0) is 22.5. The van der Waals surface area contributed by atoms with Crippen molar-refractivity contribution in [2.45, 2.75) is 19.0 Å². The lowest BCUT2D eigenvalue weighted by Crippen LogP contribution is -2.45. The van der Waals surface area contributed by atoms with Crippen LogP contribution in [0.4, 0.5) is 0 Å². The summed E-state index contributed by atoms with van der Waals surface area (Å²) in [5.74, 6) is 0.309. The summed E-state index contributed by atoms with van der Waals surface area (Å²) in [6.45, 7) is 0.258. The maximum absolute atomic E-state index is 13.2. The number of ether oxygens (including phenoxy) is 1. The second kappa shape index (κ2) is 9.34. The van der Waals surface area contributed by atoms with Crippen LogP contribution in [0, 0.1) is 0 Å². The van der Waals surface area contributed by atoms with Gasteiger partial charge in [0.1, 0.15) is 11.8 Å². The first-order valence-corrected chi connectivity index (χ1v) is 10.2. The lowest BCUT2D eigenvalue weighted by molar-refractivity contribution is -0.124. The van der Waals surface area contributed by atoms with Crippen molar-refractivity contribution in [1.29, 1.82) is 0 Å². The number of aromatic amines is 1. The number of nitrogens with one attached hydrogen (secondary N) is 2. The van der Waals surface area contributed by atoms with Gasteiger partial charge < -0.3 is 15.0 Å². The second-order valence-corrected chi connectivity index (χ2v) is 7.42. The normalized spacial score (nSPS) is 11.8. The number of amides is 1. The second-order valence-electron chi connectivity index (χ2n) is 7.42. The van der Waals surface area contributed by atoms with Gasteiger partial charge in [0.2, 0.25) is 5.91 Å². The SMILES string of the molecule is COc1ccc(CNC(=O)C(Cc2ccccc2)n2c(=O)[nH]c3ccccc3c2=O)cc1. The van der Waals surface area contributed by atoms with Gasteiger partial charge in [0.05, 0.1) is 18.0 Å². The Labute approximate surface area is 184 Å². The topological polar surface area (TPSA) is 93.2 Å². The summed E-state index contributed by atoms with van der Waals surface area (Å²) in [4.78, 5) is 42.0. The highest BCUT2D eigenvalue weighted by molar-refractivity contribution is 5.82. The zero-order valence-electron chi connectivity index (χ0n) is 17.6. The van der Waals surface area contributed by atoms with Gasteiger partial charge in [-0.3, -0.25) is 9.59 Å². The monoisotopic (exact) mass is 429 g/mol. The first kappa shape index (κ1) is 21.1. The lowest BCUT2D eigenvalue weighted by Gasteiger charge is -2.19. The molecule has 0 saturated heterocycles. The van der Waals surface area contributed by atoms with E-state index in [2.05, 4.69) is 10.3 Å². The van der Waals surface area contributed by atoms with E-state index in [-0.39, 0.29) is 13.0 Å². The molecular formula is C25H23N3O4. The van der Waals surface area contributed by atoms with Gasteiger partial charge in [-0.25, -0.2) is 9.36 Å². The number of fused-ring (bicyclic) bond motifs is 1. The van der Waals surface area contributed by atoms with Crippen LogP contribution < -0.4 is 21.3 Å². The molecule has 1 atom stereocenters.